The Bertz CT molecular complexity index is 632. The minimum absolute atomic E-state index is 0.161. The van der Waals surface area contributed by atoms with E-state index in [1.807, 2.05) is 12.1 Å². The predicted molar refractivity (Wildman–Crippen MR) is 84.5 cm³/mol. The minimum Gasteiger partial charge on any atom is -0.377 e. The Morgan fingerprint density at radius 3 is 2.05 bits per heavy atom. The Morgan fingerprint density at radius 2 is 1.50 bits per heavy atom. The van der Waals surface area contributed by atoms with Gasteiger partial charge in [-0.1, -0.05) is 12.1 Å². The van der Waals surface area contributed by atoms with Gasteiger partial charge in [0.05, 0.1) is 11.4 Å². The molecular formula is C18H21N3O. The molecule has 3 heterocycles. The van der Waals surface area contributed by atoms with Gasteiger partial charge >= 0.3 is 0 Å². The number of aryl methyl sites for hydroxylation is 2. The molecule has 0 spiro atoms. The summed E-state index contributed by atoms with van der Waals surface area (Å²) >= 11 is 0. The lowest BCUT2D eigenvalue weighted by atomic mass is 9.75. The number of rotatable bonds is 1. The molecule has 4 nitrogen and oxygen atoms in total. The van der Waals surface area contributed by atoms with Gasteiger partial charge in [-0.25, -0.2) is 0 Å². The van der Waals surface area contributed by atoms with Crippen molar-refractivity contribution in [1.29, 1.82) is 0 Å². The van der Waals surface area contributed by atoms with Gasteiger partial charge in [-0.15, -0.1) is 0 Å². The van der Waals surface area contributed by atoms with Gasteiger partial charge in [0.15, 0.2) is 5.60 Å². The number of aliphatic hydroxyl groups is 1. The fourth-order valence-electron chi connectivity index (χ4n) is 3.97. The van der Waals surface area contributed by atoms with E-state index in [-0.39, 0.29) is 5.92 Å². The fraction of sp³-hybridized carbons (Fsp3) is 0.444. The van der Waals surface area contributed by atoms with E-state index in [4.69, 9.17) is 0 Å². The second-order valence-corrected chi connectivity index (χ2v) is 6.31. The van der Waals surface area contributed by atoms with Gasteiger partial charge in [-0.05, 0) is 62.0 Å². The molecule has 0 saturated carbocycles. The van der Waals surface area contributed by atoms with Crippen LogP contribution in [-0.4, -0.2) is 28.2 Å². The molecule has 0 unspecified atom stereocenters. The zero-order chi connectivity index (χ0) is 15.0. The third-order valence-corrected chi connectivity index (χ3v) is 5.10. The van der Waals surface area contributed by atoms with E-state index in [1.54, 1.807) is 12.4 Å². The molecule has 4 heteroatoms. The molecule has 2 aliphatic rings. The summed E-state index contributed by atoms with van der Waals surface area (Å²) in [6.07, 6.45) is 7.30. The van der Waals surface area contributed by atoms with Crippen LogP contribution >= 0.6 is 0 Å². The summed E-state index contributed by atoms with van der Waals surface area (Å²) in [5, 5.41) is 15.2. The summed E-state index contributed by atoms with van der Waals surface area (Å²) in [6.45, 7) is 1.88. The van der Waals surface area contributed by atoms with Crippen molar-refractivity contribution in [3.05, 3.63) is 59.2 Å². The van der Waals surface area contributed by atoms with Crippen LogP contribution in [0.15, 0.2) is 36.7 Å². The van der Waals surface area contributed by atoms with Crippen molar-refractivity contribution in [2.24, 2.45) is 5.92 Å². The molecule has 22 heavy (non-hydrogen) atoms. The Balaban J connectivity index is 1.94. The highest BCUT2D eigenvalue weighted by atomic mass is 16.3. The largest absolute Gasteiger partial charge is 0.377 e. The number of aromatic nitrogens is 2. The zero-order valence-electron chi connectivity index (χ0n) is 12.6. The molecule has 0 amide bonds. The van der Waals surface area contributed by atoms with Crippen LogP contribution < -0.4 is 5.32 Å². The molecule has 1 aliphatic carbocycles. The first kappa shape index (κ1) is 13.9. The number of piperidine rings is 1. The number of hydrogen-bond acceptors (Lipinski definition) is 4. The van der Waals surface area contributed by atoms with E-state index in [9.17, 15) is 5.11 Å². The fourth-order valence-corrected chi connectivity index (χ4v) is 3.97. The molecule has 0 aromatic carbocycles. The summed E-state index contributed by atoms with van der Waals surface area (Å²) in [7, 11) is 0. The normalized spacial score (nSPS) is 20.8. The molecule has 0 atom stereocenters. The molecule has 1 fully saturated rings. The van der Waals surface area contributed by atoms with Gasteiger partial charge in [0.25, 0.3) is 0 Å². The first-order valence-corrected chi connectivity index (χ1v) is 8.12. The average molecular weight is 295 g/mol. The first-order chi connectivity index (χ1) is 10.8. The third-order valence-electron chi connectivity index (χ3n) is 5.10. The first-order valence-electron chi connectivity index (χ1n) is 8.12. The second kappa shape index (κ2) is 5.45. The van der Waals surface area contributed by atoms with Gasteiger partial charge in [0, 0.05) is 18.3 Å². The molecular weight excluding hydrogens is 274 g/mol. The second-order valence-electron chi connectivity index (χ2n) is 6.31. The predicted octanol–water partition coefficient (Wildman–Crippen LogP) is 1.81. The van der Waals surface area contributed by atoms with Crippen LogP contribution in [0.25, 0.3) is 0 Å². The van der Waals surface area contributed by atoms with Crippen LogP contribution in [0.3, 0.4) is 0 Å². The summed E-state index contributed by atoms with van der Waals surface area (Å²) < 4.78 is 0. The van der Waals surface area contributed by atoms with Crippen LogP contribution in [0, 0.1) is 5.92 Å². The van der Waals surface area contributed by atoms with Gasteiger partial charge < -0.3 is 10.4 Å². The SMILES string of the molecule is OC1(C2CCNCC2)c2ncccc2CCc2cccnc21. The van der Waals surface area contributed by atoms with Gasteiger partial charge in [-0.2, -0.15) is 0 Å². The molecule has 0 radical (unpaired) electrons. The van der Waals surface area contributed by atoms with Crippen LogP contribution in [0.5, 0.6) is 0 Å². The van der Waals surface area contributed by atoms with E-state index in [1.165, 1.54) is 0 Å². The molecule has 114 valence electrons. The lowest BCUT2D eigenvalue weighted by Crippen LogP contribution is -2.44. The lowest BCUT2D eigenvalue weighted by molar-refractivity contribution is -0.00571. The number of fused-ring (bicyclic) bond motifs is 2. The van der Waals surface area contributed by atoms with E-state index in [2.05, 4.69) is 27.4 Å². The van der Waals surface area contributed by atoms with Crippen molar-refractivity contribution >= 4 is 0 Å². The molecule has 4 rings (SSSR count). The van der Waals surface area contributed by atoms with Crippen molar-refractivity contribution in [3.8, 4) is 0 Å². The number of nitrogens with zero attached hydrogens (tertiary/aromatic N) is 2. The van der Waals surface area contributed by atoms with Crippen LogP contribution in [-0.2, 0) is 18.4 Å². The highest BCUT2D eigenvalue weighted by Gasteiger charge is 2.46. The number of pyridine rings is 2. The molecule has 2 N–H and O–H groups in total. The summed E-state index contributed by atoms with van der Waals surface area (Å²) in [5.74, 6) is 0.161. The van der Waals surface area contributed by atoms with E-state index >= 15 is 0 Å². The molecule has 1 aliphatic heterocycles. The van der Waals surface area contributed by atoms with Crippen molar-refractivity contribution in [1.82, 2.24) is 15.3 Å². The van der Waals surface area contributed by atoms with E-state index < -0.39 is 5.60 Å². The quantitative estimate of drug-likeness (QED) is 0.842. The Hall–Kier alpha value is -1.78. The highest BCUT2D eigenvalue weighted by Crippen LogP contribution is 2.43. The topological polar surface area (TPSA) is 58.0 Å². The van der Waals surface area contributed by atoms with Gasteiger partial charge in [-0.3, -0.25) is 9.97 Å². The smallest absolute Gasteiger partial charge is 0.151 e. The molecule has 2 aromatic heterocycles. The van der Waals surface area contributed by atoms with E-state index in [0.29, 0.717) is 0 Å². The van der Waals surface area contributed by atoms with E-state index in [0.717, 1.165) is 61.3 Å². The Kier molecular flexibility index (Phi) is 3.43. The average Bonchev–Trinajstić information content (AvgIpc) is 2.73. The van der Waals surface area contributed by atoms with Crippen molar-refractivity contribution in [2.45, 2.75) is 31.3 Å². The third kappa shape index (κ3) is 2.06. The maximum Gasteiger partial charge on any atom is 0.151 e. The standard InChI is InChI=1S/C18H21N3O/c22-18(15-7-11-19-12-8-15)16-13(3-1-9-20-16)5-6-14-4-2-10-21-17(14)18/h1-4,9-10,15,19,22H,5-8,11-12H2. The Morgan fingerprint density at radius 1 is 0.955 bits per heavy atom. The molecule has 0 bridgehead atoms. The van der Waals surface area contributed by atoms with Crippen LogP contribution in [0.1, 0.15) is 35.4 Å². The number of hydrogen-bond donors (Lipinski definition) is 2. The highest BCUT2D eigenvalue weighted by molar-refractivity contribution is 5.42. The number of nitrogens with one attached hydrogen (secondary N) is 1. The van der Waals surface area contributed by atoms with Gasteiger partial charge in [0.2, 0.25) is 0 Å². The Labute approximate surface area is 130 Å². The summed E-state index contributed by atoms with van der Waals surface area (Å²) in [4.78, 5) is 9.19. The minimum atomic E-state index is -1.06. The summed E-state index contributed by atoms with van der Waals surface area (Å²) in [6, 6.07) is 8.12. The van der Waals surface area contributed by atoms with Crippen molar-refractivity contribution < 1.29 is 5.11 Å². The zero-order valence-corrected chi connectivity index (χ0v) is 12.6. The maximum absolute atomic E-state index is 11.8. The van der Waals surface area contributed by atoms with Crippen LogP contribution in [0.4, 0.5) is 0 Å². The van der Waals surface area contributed by atoms with Gasteiger partial charge in [0.1, 0.15) is 0 Å². The monoisotopic (exact) mass is 295 g/mol. The molecule has 1 saturated heterocycles. The van der Waals surface area contributed by atoms with Crippen molar-refractivity contribution in [3.63, 3.8) is 0 Å². The summed E-state index contributed by atoms with van der Waals surface area (Å²) in [5.41, 5.74) is 2.88. The maximum atomic E-state index is 11.8. The molecule has 2 aromatic rings. The van der Waals surface area contributed by atoms with Crippen LogP contribution in [0.2, 0.25) is 0 Å². The van der Waals surface area contributed by atoms with Crippen molar-refractivity contribution in [2.75, 3.05) is 13.1 Å². The lowest BCUT2D eigenvalue weighted by Gasteiger charge is -2.38.